The van der Waals surface area contributed by atoms with E-state index in [-0.39, 0.29) is 24.4 Å². The number of carbonyl (C=O) groups excluding carboxylic acids is 2. The number of allylic oxidation sites excluding steroid dienone is 2. The fraction of sp³-hybridized carbons (Fsp3) is 0.200. The van der Waals surface area contributed by atoms with Gasteiger partial charge in [-0.25, -0.2) is 9.59 Å². The molecule has 0 unspecified atom stereocenters. The molecule has 2 heterocycles. The molecule has 8 heteroatoms. The van der Waals surface area contributed by atoms with Crippen molar-refractivity contribution in [1.29, 1.82) is 0 Å². The first kappa shape index (κ1) is 24.4. The van der Waals surface area contributed by atoms with Crippen molar-refractivity contribution in [2.45, 2.75) is 19.8 Å². The Balaban J connectivity index is 2.11. The predicted octanol–water partition coefficient (Wildman–Crippen LogP) is 5.95. The van der Waals surface area contributed by atoms with E-state index in [1.54, 1.807) is 44.2 Å². The maximum Gasteiger partial charge on any atom is 0.337 e. The number of furan rings is 1. The van der Waals surface area contributed by atoms with Crippen LogP contribution in [-0.4, -0.2) is 25.2 Å². The molecule has 1 aliphatic heterocycles. The summed E-state index contributed by atoms with van der Waals surface area (Å²) in [5.41, 5.74) is 2.25. The van der Waals surface area contributed by atoms with Crippen LogP contribution in [0.1, 0.15) is 25.5 Å². The fourth-order valence-corrected chi connectivity index (χ4v) is 3.86. The molecular formula is C25H23Cl2NO5. The molecule has 0 spiro atoms. The van der Waals surface area contributed by atoms with Crippen molar-refractivity contribution >= 4 is 35.1 Å². The molecule has 6 nitrogen and oxygen atoms in total. The summed E-state index contributed by atoms with van der Waals surface area (Å²) in [6.07, 6.45) is 2.93. The number of benzene rings is 1. The molecule has 0 saturated carbocycles. The van der Waals surface area contributed by atoms with Crippen LogP contribution in [0.4, 0.5) is 0 Å². The van der Waals surface area contributed by atoms with E-state index in [0.29, 0.717) is 38.5 Å². The zero-order valence-corrected chi connectivity index (χ0v) is 19.8. The van der Waals surface area contributed by atoms with Gasteiger partial charge in [-0.05, 0) is 44.2 Å². The minimum absolute atomic E-state index is 0.0218. The number of esters is 2. The van der Waals surface area contributed by atoms with Crippen molar-refractivity contribution in [3.63, 3.8) is 0 Å². The summed E-state index contributed by atoms with van der Waals surface area (Å²) in [4.78, 5) is 25.9. The molecule has 0 atom stereocenters. The van der Waals surface area contributed by atoms with Gasteiger partial charge in [0.2, 0.25) is 0 Å². The number of hydrogen-bond donors (Lipinski definition) is 1. The number of carbonyl (C=O) groups is 2. The predicted molar refractivity (Wildman–Crippen MR) is 128 cm³/mol. The highest BCUT2D eigenvalue weighted by Gasteiger charge is 2.39. The fourth-order valence-electron chi connectivity index (χ4n) is 3.56. The second-order valence-corrected chi connectivity index (χ2v) is 8.05. The first-order chi connectivity index (χ1) is 15.8. The highest BCUT2D eigenvalue weighted by atomic mass is 35.5. The molecule has 1 aliphatic rings. The lowest BCUT2D eigenvalue weighted by Crippen LogP contribution is -2.32. The first-order valence-electron chi connectivity index (χ1n) is 10.1. The normalized spacial score (nSPS) is 14.1. The molecule has 172 valence electrons. The van der Waals surface area contributed by atoms with Gasteiger partial charge in [-0.2, -0.15) is 0 Å². The number of dihydropyridines is 1. The Labute approximate surface area is 202 Å². The second-order valence-electron chi connectivity index (χ2n) is 7.24. The van der Waals surface area contributed by atoms with Crippen LogP contribution in [0.25, 0.3) is 11.3 Å². The molecule has 3 rings (SSSR count). The Bertz CT molecular complexity index is 1130. The lowest BCUT2D eigenvalue weighted by atomic mass is 9.83. The molecular weight excluding hydrogens is 465 g/mol. The molecule has 0 saturated heterocycles. The molecule has 2 aromatic rings. The molecule has 0 amide bonds. The van der Waals surface area contributed by atoms with Gasteiger partial charge >= 0.3 is 11.9 Å². The van der Waals surface area contributed by atoms with E-state index in [1.807, 2.05) is 0 Å². The van der Waals surface area contributed by atoms with Crippen LogP contribution < -0.4 is 5.32 Å². The SMILES string of the molecule is C=CCOC(=O)C1=C(C)NC(C)=C(C(=O)OCC=C)C1c1ccc(-c2ccc(Cl)c(Cl)c2)o1. The summed E-state index contributed by atoms with van der Waals surface area (Å²) in [5, 5.41) is 3.87. The smallest absolute Gasteiger partial charge is 0.337 e. The summed E-state index contributed by atoms with van der Waals surface area (Å²) in [6.45, 7) is 10.7. The van der Waals surface area contributed by atoms with E-state index in [9.17, 15) is 9.59 Å². The van der Waals surface area contributed by atoms with Crippen molar-refractivity contribution in [3.05, 3.63) is 94.0 Å². The van der Waals surface area contributed by atoms with E-state index >= 15 is 0 Å². The highest BCUT2D eigenvalue weighted by molar-refractivity contribution is 6.42. The van der Waals surface area contributed by atoms with Crippen molar-refractivity contribution < 1.29 is 23.5 Å². The zero-order valence-electron chi connectivity index (χ0n) is 18.2. The lowest BCUT2D eigenvalue weighted by molar-refractivity contribution is -0.139. The molecule has 1 aromatic carbocycles. The van der Waals surface area contributed by atoms with Gasteiger partial charge in [-0.15, -0.1) is 0 Å². The van der Waals surface area contributed by atoms with E-state index in [2.05, 4.69) is 18.5 Å². The maximum absolute atomic E-state index is 13.0. The molecule has 0 fully saturated rings. The largest absolute Gasteiger partial charge is 0.460 e. The van der Waals surface area contributed by atoms with E-state index in [1.165, 1.54) is 12.2 Å². The average molecular weight is 488 g/mol. The monoisotopic (exact) mass is 487 g/mol. The highest BCUT2D eigenvalue weighted by Crippen LogP contribution is 2.41. The Morgan fingerprint density at radius 2 is 1.55 bits per heavy atom. The Kier molecular flexibility index (Phi) is 7.84. The van der Waals surface area contributed by atoms with Gasteiger partial charge in [-0.3, -0.25) is 0 Å². The van der Waals surface area contributed by atoms with Crippen molar-refractivity contribution in [1.82, 2.24) is 5.32 Å². The minimum Gasteiger partial charge on any atom is -0.460 e. The Hall–Kier alpha value is -3.22. The van der Waals surface area contributed by atoms with Crippen LogP contribution in [0.15, 0.2) is 82.6 Å². The van der Waals surface area contributed by atoms with E-state index in [4.69, 9.17) is 37.1 Å². The van der Waals surface area contributed by atoms with Crippen molar-refractivity contribution in [2.75, 3.05) is 13.2 Å². The van der Waals surface area contributed by atoms with Crippen LogP contribution in [0.2, 0.25) is 10.0 Å². The number of rotatable bonds is 8. The van der Waals surface area contributed by atoms with Gasteiger partial charge in [0.15, 0.2) is 0 Å². The van der Waals surface area contributed by atoms with E-state index in [0.717, 1.165) is 0 Å². The van der Waals surface area contributed by atoms with Gasteiger partial charge in [-0.1, -0.05) is 48.5 Å². The standard InChI is InChI=1S/C25H23Cl2NO5/c1-5-11-31-24(29)21-14(3)28-15(4)22(25(30)32-12-6-2)23(21)20-10-9-19(33-20)16-7-8-17(26)18(27)13-16/h5-10,13,23,28H,1-2,11-12H2,3-4H3. The zero-order chi connectivity index (χ0) is 24.1. The molecule has 1 aromatic heterocycles. The van der Waals surface area contributed by atoms with Crippen LogP contribution in [0.5, 0.6) is 0 Å². The van der Waals surface area contributed by atoms with Gasteiger partial charge in [0.25, 0.3) is 0 Å². The molecule has 0 aliphatic carbocycles. The average Bonchev–Trinajstić information content (AvgIpc) is 3.27. The second kappa shape index (κ2) is 10.6. The third-order valence-corrected chi connectivity index (χ3v) is 5.72. The first-order valence-corrected chi connectivity index (χ1v) is 10.8. The molecule has 0 radical (unpaired) electrons. The number of nitrogens with one attached hydrogen (secondary N) is 1. The molecule has 1 N–H and O–H groups in total. The maximum atomic E-state index is 13.0. The number of halogens is 2. The van der Waals surface area contributed by atoms with Crippen LogP contribution >= 0.6 is 23.2 Å². The number of ether oxygens (including phenoxy) is 2. The minimum atomic E-state index is -0.850. The quantitative estimate of drug-likeness (QED) is 0.366. The summed E-state index contributed by atoms with van der Waals surface area (Å²) < 4.78 is 16.7. The molecule has 0 bridgehead atoms. The lowest BCUT2D eigenvalue weighted by Gasteiger charge is -2.29. The van der Waals surface area contributed by atoms with E-state index < -0.39 is 17.9 Å². The van der Waals surface area contributed by atoms with Crippen LogP contribution in [-0.2, 0) is 19.1 Å². The van der Waals surface area contributed by atoms with Gasteiger partial charge < -0.3 is 19.2 Å². The summed E-state index contributed by atoms with van der Waals surface area (Å²) in [7, 11) is 0. The summed E-state index contributed by atoms with van der Waals surface area (Å²) in [5.74, 6) is -1.18. The van der Waals surface area contributed by atoms with Gasteiger partial charge in [0.05, 0.1) is 27.1 Å². The van der Waals surface area contributed by atoms with Crippen LogP contribution in [0, 0.1) is 0 Å². The third-order valence-electron chi connectivity index (χ3n) is 4.98. The van der Waals surface area contributed by atoms with Crippen molar-refractivity contribution in [2.24, 2.45) is 0 Å². The Morgan fingerprint density at radius 3 is 2.06 bits per heavy atom. The summed E-state index contributed by atoms with van der Waals surface area (Å²) in [6, 6.07) is 8.54. The number of hydrogen-bond acceptors (Lipinski definition) is 6. The third kappa shape index (κ3) is 5.24. The topological polar surface area (TPSA) is 77.8 Å². The van der Waals surface area contributed by atoms with Crippen molar-refractivity contribution in [3.8, 4) is 11.3 Å². The van der Waals surface area contributed by atoms with Gasteiger partial charge in [0, 0.05) is 17.0 Å². The Morgan fingerprint density at radius 1 is 0.970 bits per heavy atom. The van der Waals surface area contributed by atoms with Crippen LogP contribution in [0.3, 0.4) is 0 Å². The molecule has 33 heavy (non-hydrogen) atoms. The van der Waals surface area contributed by atoms with Gasteiger partial charge in [0.1, 0.15) is 24.7 Å². The summed E-state index contributed by atoms with van der Waals surface area (Å²) >= 11 is 12.2.